The number of hydrogen-bond acceptors (Lipinski definition) is 4. The third kappa shape index (κ3) is 4.11. The highest BCUT2D eigenvalue weighted by atomic mass is 32.2. The maximum atomic E-state index is 4.00. The van der Waals surface area contributed by atoms with Gasteiger partial charge in [0.05, 0.1) is 0 Å². The normalized spacial score (nSPS) is 11.1. The van der Waals surface area contributed by atoms with Crippen molar-refractivity contribution < 1.29 is 0 Å². The zero-order chi connectivity index (χ0) is 10.4. The molecule has 0 spiro atoms. The Morgan fingerprint density at radius 1 is 1.57 bits per heavy atom. The number of hydrogen-bond donors (Lipinski definition) is 1. The molecule has 0 fully saturated rings. The molecule has 1 aromatic heterocycles. The van der Waals surface area contributed by atoms with Gasteiger partial charge in [-0.1, -0.05) is 25.6 Å². The Balaban J connectivity index is 2.08. The lowest BCUT2D eigenvalue weighted by Gasteiger charge is -2.06. The topological polar surface area (TPSA) is 42.7 Å². The minimum atomic E-state index is 0.717. The molecule has 0 aromatic carbocycles. The third-order valence-electron chi connectivity index (χ3n) is 1.73. The molecule has 80 valence electrons. The Morgan fingerprint density at radius 2 is 2.36 bits per heavy atom. The van der Waals surface area contributed by atoms with Crippen molar-refractivity contribution in [1.82, 2.24) is 20.1 Å². The van der Waals surface area contributed by atoms with E-state index in [0.717, 1.165) is 29.9 Å². The van der Waals surface area contributed by atoms with E-state index in [0.29, 0.717) is 0 Å². The van der Waals surface area contributed by atoms with Crippen molar-refractivity contribution in [3.05, 3.63) is 6.33 Å². The van der Waals surface area contributed by atoms with Gasteiger partial charge in [0, 0.05) is 19.3 Å². The van der Waals surface area contributed by atoms with E-state index in [2.05, 4.69) is 29.4 Å². The number of aryl methyl sites for hydroxylation is 1. The first kappa shape index (κ1) is 11.5. The molecule has 0 aliphatic rings. The van der Waals surface area contributed by atoms with Crippen LogP contribution in [-0.2, 0) is 7.05 Å². The molecule has 0 amide bonds. The Labute approximate surface area is 89.5 Å². The van der Waals surface area contributed by atoms with Gasteiger partial charge < -0.3 is 9.88 Å². The maximum Gasteiger partial charge on any atom is 0.190 e. The van der Waals surface area contributed by atoms with Crippen molar-refractivity contribution in [2.24, 2.45) is 13.0 Å². The minimum Gasteiger partial charge on any atom is -0.316 e. The molecule has 0 aliphatic carbocycles. The monoisotopic (exact) mass is 214 g/mol. The molecule has 1 rings (SSSR count). The highest BCUT2D eigenvalue weighted by Gasteiger charge is 2.00. The molecular weight excluding hydrogens is 196 g/mol. The highest BCUT2D eigenvalue weighted by Crippen LogP contribution is 2.11. The van der Waals surface area contributed by atoms with Crippen LogP contribution < -0.4 is 5.32 Å². The maximum absolute atomic E-state index is 4.00. The first-order chi connectivity index (χ1) is 6.70. The quantitative estimate of drug-likeness (QED) is 0.570. The summed E-state index contributed by atoms with van der Waals surface area (Å²) in [5.74, 6) is 1.76. The predicted molar refractivity (Wildman–Crippen MR) is 59.4 cm³/mol. The van der Waals surface area contributed by atoms with Crippen LogP contribution in [0.4, 0.5) is 0 Å². The molecule has 1 N–H and O–H groups in total. The summed E-state index contributed by atoms with van der Waals surface area (Å²) in [6, 6.07) is 0. The second-order valence-corrected chi connectivity index (χ2v) is 4.73. The molecule has 1 heterocycles. The standard InChI is InChI=1S/C9H18N4S/c1-8(2)6-10-4-5-14-9-12-11-7-13(9)3/h7-8,10H,4-6H2,1-3H3. The van der Waals surface area contributed by atoms with Crippen LogP contribution in [0.25, 0.3) is 0 Å². The summed E-state index contributed by atoms with van der Waals surface area (Å²) in [5.41, 5.74) is 0. The zero-order valence-corrected chi connectivity index (χ0v) is 9.84. The van der Waals surface area contributed by atoms with Gasteiger partial charge in [-0.05, 0) is 12.5 Å². The number of thioether (sulfide) groups is 1. The smallest absolute Gasteiger partial charge is 0.190 e. The van der Waals surface area contributed by atoms with E-state index >= 15 is 0 Å². The molecule has 0 saturated carbocycles. The van der Waals surface area contributed by atoms with Crippen molar-refractivity contribution in [2.45, 2.75) is 19.0 Å². The van der Waals surface area contributed by atoms with Gasteiger partial charge in [-0.3, -0.25) is 0 Å². The van der Waals surface area contributed by atoms with Crippen molar-refractivity contribution in [3.8, 4) is 0 Å². The van der Waals surface area contributed by atoms with Crippen LogP contribution >= 0.6 is 11.8 Å². The van der Waals surface area contributed by atoms with Crippen LogP contribution in [0.15, 0.2) is 11.5 Å². The van der Waals surface area contributed by atoms with Gasteiger partial charge in [0.25, 0.3) is 0 Å². The molecule has 4 nitrogen and oxygen atoms in total. The molecular formula is C9H18N4S. The lowest BCUT2D eigenvalue weighted by Crippen LogP contribution is -2.22. The number of rotatable bonds is 6. The van der Waals surface area contributed by atoms with Gasteiger partial charge in [0.2, 0.25) is 0 Å². The van der Waals surface area contributed by atoms with Crippen molar-refractivity contribution >= 4 is 11.8 Å². The van der Waals surface area contributed by atoms with Gasteiger partial charge in [0.15, 0.2) is 5.16 Å². The Morgan fingerprint density at radius 3 is 2.93 bits per heavy atom. The summed E-state index contributed by atoms with van der Waals surface area (Å²) >= 11 is 1.73. The lowest BCUT2D eigenvalue weighted by molar-refractivity contribution is 0.568. The summed E-state index contributed by atoms with van der Waals surface area (Å²) < 4.78 is 1.94. The van der Waals surface area contributed by atoms with Gasteiger partial charge in [-0.15, -0.1) is 10.2 Å². The highest BCUT2D eigenvalue weighted by molar-refractivity contribution is 7.99. The summed E-state index contributed by atoms with van der Waals surface area (Å²) in [7, 11) is 1.96. The van der Waals surface area contributed by atoms with E-state index in [9.17, 15) is 0 Å². The molecule has 0 saturated heterocycles. The van der Waals surface area contributed by atoms with E-state index < -0.39 is 0 Å². The van der Waals surface area contributed by atoms with Gasteiger partial charge in [-0.2, -0.15) is 0 Å². The fourth-order valence-corrected chi connectivity index (χ4v) is 1.79. The second-order valence-electron chi connectivity index (χ2n) is 3.67. The fraction of sp³-hybridized carbons (Fsp3) is 0.778. The largest absolute Gasteiger partial charge is 0.316 e. The van der Waals surface area contributed by atoms with Crippen molar-refractivity contribution in [2.75, 3.05) is 18.8 Å². The second kappa shape index (κ2) is 6.03. The molecule has 0 unspecified atom stereocenters. The van der Waals surface area contributed by atoms with Crippen LogP contribution in [0.2, 0.25) is 0 Å². The summed E-state index contributed by atoms with van der Waals surface area (Å²) in [6.07, 6.45) is 1.73. The number of nitrogens with one attached hydrogen (secondary N) is 1. The van der Waals surface area contributed by atoms with Crippen LogP contribution in [0.3, 0.4) is 0 Å². The molecule has 14 heavy (non-hydrogen) atoms. The van der Waals surface area contributed by atoms with Crippen LogP contribution in [0.5, 0.6) is 0 Å². The first-order valence-corrected chi connectivity index (χ1v) is 5.86. The predicted octanol–water partition coefficient (Wildman–Crippen LogP) is 1.15. The van der Waals surface area contributed by atoms with Crippen LogP contribution in [0.1, 0.15) is 13.8 Å². The Bertz CT molecular complexity index is 259. The van der Waals surface area contributed by atoms with E-state index in [1.807, 2.05) is 11.6 Å². The zero-order valence-electron chi connectivity index (χ0n) is 9.03. The van der Waals surface area contributed by atoms with E-state index in [1.165, 1.54) is 0 Å². The van der Waals surface area contributed by atoms with Gasteiger partial charge >= 0.3 is 0 Å². The summed E-state index contributed by atoms with van der Waals surface area (Å²) in [6.45, 7) is 6.53. The average molecular weight is 214 g/mol. The molecule has 0 bridgehead atoms. The van der Waals surface area contributed by atoms with E-state index in [-0.39, 0.29) is 0 Å². The fourth-order valence-electron chi connectivity index (χ4n) is 1.01. The van der Waals surface area contributed by atoms with Crippen molar-refractivity contribution in [1.29, 1.82) is 0 Å². The Hall–Kier alpha value is -0.550. The molecule has 0 radical (unpaired) electrons. The summed E-state index contributed by atoms with van der Waals surface area (Å²) in [4.78, 5) is 0. The van der Waals surface area contributed by atoms with Crippen LogP contribution in [-0.4, -0.2) is 33.6 Å². The minimum absolute atomic E-state index is 0.717. The molecule has 1 aromatic rings. The molecule has 5 heteroatoms. The van der Waals surface area contributed by atoms with Crippen LogP contribution in [0, 0.1) is 5.92 Å². The molecule has 0 aliphatic heterocycles. The first-order valence-electron chi connectivity index (χ1n) is 4.87. The summed E-state index contributed by atoms with van der Waals surface area (Å²) in [5, 5.41) is 12.2. The molecule has 0 atom stereocenters. The average Bonchev–Trinajstić information content (AvgIpc) is 2.51. The van der Waals surface area contributed by atoms with E-state index in [1.54, 1.807) is 18.1 Å². The SMILES string of the molecule is CC(C)CNCCSc1nncn1C. The third-order valence-corrected chi connectivity index (χ3v) is 2.77. The Kier molecular flexibility index (Phi) is 4.97. The lowest BCUT2D eigenvalue weighted by atomic mass is 10.2. The van der Waals surface area contributed by atoms with Gasteiger partial charge in [0.1, 0.15) is 6.33 Å². The number of aromatic nitrogens is 3. The van der Waals surface area contributed by atoms with E-state index in [4.69, 9.17) is 0 Å². The van der Waals surface area contributed by atoms with Gasteiger partial charge in [-0.25, -0.2) is 0 Å². The number of nitrogens with zero attached hydrogens (tertiary/aromatic N) is 3. The van der Waals surface area contributed by atoms with Crippen molar-refractivity contribution in [3.63, 3.8) is 0 Å².